The summed E-state index contributed by atoms with van der Waals surface area (Å²) in [4.78, 5) is 25.5. The van der Waals surface area contributed by atoms with Crippen LogP contribution in [0.3, 0.4) is 0 Å². The molecule has 128 valence electrons. The molecule has 1 aromatic carbocycles. The molecule has 1 unspecified atom stereocenters. The Labute approximate surface area is 142 Å². The zero-order valence-corrected chi connectivity index (χ0v) is 14.3. The fourth-order valence-corrected chi connectivity index (χ4v) is 4.20. The number of hydrogen-bond acceptors (Lipinski definition) is 4. The molecule has 1 atom stereocenters. The van der Waals surface area contributed by atoms with Gasteiger partial charge in [-0.1, -0.05) is 49.9 Å². The van der Waals surface area contributed by atoms with Crippen LogP contribution in [0, 0.1) is 5.92 Å². The van der Waals surface area contributed by atoms with Gasteiger partial charge in [-0.25, -0.2) is 4.79 Å². The quantitative estimate of drug-likeness (QED) is 0.672. The van der Waals surface area contributed by atoms with Crippen molar-refractivity contribution in [3.8, 4) is 0 Å². The van der Waals surface area contributed by atoms with E-state index in [0.717, 1.165) is 18.4 Å². The number of carbonyl (C=O) groups is 2. The van der Waals surface area contributed by atoms with Gasteiger partial charge in [0.25, 0.3) is 0 Å². The van der Waals surface area contributed by atoms with Crippen LogP contribution in [-0.4, -0.2) is 23.5 Å². The van der Waals surface area contributed by atoms with Crippen LogP contribution in [0.4, 0.5) is 0 Å². The molecule has 0 bridgehead atoms. The first kappa shape index (κ1) is 16.7. The zero-order valence-electron chi connectivity index (χ0n) is 14.3. The molecule has 2 aliphatic rings. The van der Waals surface area contributed by atoms with E-state index in [0.29, 0.717) is 17.9 Å². The van der Waals surface area contributed by atoms with Crippen molar-refractivity contribution in [3.63, 3.8) is 0 Å². The molecule has 4 nitrogen and oxygen atoms in total. The standard InChI is InChI=1S/C20H24O4/c1-3-24-19(23)16-17(21)14-10-6-7-11-15(14)20(2,18(16)22)12-13-8-4-5-9-13/h6-7,10-11,13,21H,3-5,8-9,12H2,1-2H3. The average Bonchev–Trinajstić information content (AvgIpc) is 3.06. The number of carbonyl (C=O) groups excluding carboxylic acids is 2. The molecular weight excluding hydrogens is 304 g/mol. The summed E-state index contributed by atoms with van der Waals surface area (Å²) in [6, 6.07) is 7.34. The SMILES string of the molecule is CCOC(=O)C1=C(O)c2ccccc2C(C)(CC2CCCC2)C1=O. The average molecular weight is 328 g/mol. The fraction of sp³-hybridized carbons (Fsp3) is 0.500. The predicted octanol–water partition coefficient (Wildman–Crippen LogP) is 3.94. The van der Waals surface area contributed by atoms with Crippen LogP contribution in [0.2, 0.25) is 0 Å². The number of benzene rings is 1. The summed E-state index contributed by atoms with van der Waals surface area (Å²) in [6.07, 6.45) is 5.34. The van der Waals surface area contributed by atoms with Gasteiger partial charge in [-0.15, -0.1) is 0 Å². The second-order valence-electron chi connectivity index (χ2n) is 7.01. The third-order valence-electron chi connectivity index (χ3n) is 5.39. The third kappa shape index (κ3) is 2.64. The number of ether oxygens (including phenoxy) is 1. The van der Waals surface area contributed by atoms with Crippen LogP contribution in [0.25, 0.3) is 5.76 Å². The first-order valence-electron chi connectivity index (χ1n) is 8.74. The highest BCUT2D eigenvalue weighted by Crippen LogP contribution is 2.45. The molecule has 3 rings (SSSR count). The van der Waals surface area contributed by atoms with Crippen molar-refractivity contribution in [1.82, 2.24) is 0 Å². The molecule has 0 spiro atoms. The van der Waals surface area contributed by atoms with E-state index in [2.05, 4.69) is 0 Å². The second-order valence-corrected chi connectivity index (χ2v) is 7.01. The maximum atomic E-state index is 13.2. The van der Waals surface area contributed by atoms with Crippen molar-refractivity contribution in [2.45, 2.75) is 51.4 Å². The van der Waals surface area contributed by atoms with Crippen molar-refractivity contribution in [3.05, 3.63) is 41.0 Å². The van der Waals surface area contributed by atoms with Gasteiger partial charge in [0.1, 0.15) is 11.3 Å². The maximum absolute atomic E-state index is 13.2. The van der Waals surface area contributed by atoms with Gasteiger partial charge < -0.3 is 9.84 Å². The van der Waals surface area contributed by atoms with Crippen molar-refractivity contribution >= 4 is 17.5 Å². The van der Waals surface area contributed by atoms with E-state index in [4.69, 9.17) is 4.74 Å². The lowest BCUT2D eigenvalue weighted by Crippen LogP contribution is -2.41. The molecule has 0 radical (unpaired) electrons. The summed E-state index contributed by atoms with van der Waals surface area (Å²) in [7, 11) is 0. The molecule has 1 N–H and O–H groups in total. The molecule has 4 heteroatoms. The minimum Gasteiger partial charge on any atom is -0.506 e. The van der Waals surface area contributed by atoms with Gasteiger partial charge >= 0.3 is 5.97 Å². The van der Waals surface area contributed by atoms with Crippen LogP contribution in [0.1, 0.15) is 57.1 Å². The van der Waals surface area contributed by atoms with E-state index in [1.807, 2.05) is 25.1 Å². The molecule has 0 amide bonds. The first-order valence-corrected chi connectivity index (χ1v) is 8.74. The predicted molar refractivity (Wildman–Crippen MR) is 91.6 cm³/mol. The number of aliphatic hydroxyl groups excluding tert-OH is 1. The Balaban J connectivity index is 2.10. The largest absolute Gasteiger partial charge is 0.506 e. The highest BCUT2D eigenvalue weighted by atomic mass is 16.5. The number of aliphatic hydroxyl groups is 1. The Hall–Kier alpha value is -2.10. The minimum absolute atomic E-state index is 0.171. The molecule has 0 aliphatic heterocycles. The van der Waals surface area contributed by atoms with Gasteiger partial charge in [0, 0.05) is 5.56 Å². The molecule has 2 aliphatic carbocycles. The molecule has 1 fully saturated rings. The number of Topliss-reactive ketones (excluding diaryl/α,β-unsaturated/α-hetero) is 1. The van der Waals surface area contributed by atoms with Crippen LogP contribution in [0.15, 0.2) is 29.8 Å². The van der Waals surface area contributed by atoms with Gasteiger partial charge in [0.05, 0.1) is 12.0 Å². The summed E-state index contributed by atoms with van der Waals surface area (Å²) in [5.74, 6) is -0.815. The summed E-state index contributed by atoms with van der Waals surface area (Å²) in [5.41, 5.74) is 0.393. The lowest BCUT2D eigenvalue weighted by molar-refractivity contribution is -0.141. The van der Waals surface area contributed by atoms with E-state index in [9.17, 15) is 14.7 Å². The van der Waals surface area contributed by atoms with Gasteiger partial charge in [-0.05, 0) is 31.7 Å². The fourth-order valence-electron chi connectivity index (χ4n) is 4.20. The summed E-state index contributed by atoms with van der Waals surface area (Å²) < 4.78 is 5.02. The van der Waals surface area contributed by atoms with E-state index in [1.165, 1.54) is 12.8 Å². The van der Waals surface area contributed by atoms with Crippen molar-refractivity contribution in [2.75, 3.05) is 6.61 Å². The topological polar surface area (TPSA) is 63.6 Å². The van der Waals surface area contributed by atoms with Gasteiger partial charge in [0.15, 0.2) is 5.78 Å². The zero-order chi connectivity index (χ0) is 17.3. The Morgan fingerprint density at radius 2 is 1.96 bits per heavy atom. The lowest BCUT2D eigenvalue weighted by Gasteiger charge is -2.36. The molecule has 24 heavy (non-hydrogen) atoms. The van der Waals surface area contributed by atoms with Crippen LogP contribution >= 0.6 is 0 Å². The lowest BCUT2D eigenvalue weighted by atomic mass is 9.65. The molecule has 0 aromatic heterocycles. The monoisotopic (exact) mass is 328 g/mol. The van der Waals surface area contributed by atoms with Crippen molar-refractivity contribution in [1.29, 1.82) is 0 Å². The summed E-state index contributed by atoms with van der Waals surface area (Å²) in [6.45, 7) is 3.76. The number of esters is 1. The van der Waals surface area contributed by atoms with Gasteiger partial charge in [-0.3, -0.25) is 4.79 Å². The van der Waals surface area contributed by atoms with Crippen LogP contribution in [-0.2, 0) is 19.7 Å². The Morgan fingerprint density at radius 1 is 1.29 bits per heavy atom. The first-order chi connectivity index (χ1) is 11.5. The number of rotatable bonds is 4. The molecule has 0 saturated heterocycles. The number of fused-ring (bicyclic) bond motifs is 1. The highest BCUT2D eigenvalue weighted by molar-refractivity contribution is 6.26. The van der Waals surface area contributed by atoms with Crippen molar-refractivity contribution in [2.24, 2.45) is 5.92 Å². The highest BCUT2D eigenvalue weighted by Gasteiger charge is 2.47. The third-order valence-corrected chi connectivity index (χ3v) is 5.39. The number of hydrogen-bond donors (Lipinski definition) is 1. The smallest absolute Gasteiger partial charge is 0.345 e. The second kappa shape index (κ2) is 6.42. The Bertz CT molecular complexity index is 697. The van der Waals surface area contributed by atoms with Crippen molar-refractivity contribution < 1.29 is 19.4 Å². The summed E-state index contributed by atoms with van der Waals surface area (Å²) >= 11 is 0. The minimum atomic E-state index is -0.792. The molecule has 0 heterocycles. The number of ketones is 1. The normalized spacial score (nSPS) is 24.2. The van der Waals surface area contributed by atoms with Gasteiger partial charge in [0.2, 0.25) is 0 Å². The molecule has 1 saturated carbocycles. The van der Waals surface area contributed by atoms with E-state index in [-0.39, 0.29) is 23.7 Å². The van der Waals surface area contributed by atoms with E-state index < -0.39 is 11.4 Å². The van der Waals surface area contributed by atoms with E-state index >= 15 is 0 Å². The van der Waals surface area contributed by atoms with Crippen LogP contribution < -0.4 is 0 Å². The van der Waals surface area contributed by atoms with E-state index in [1.54, 1.807) is 13.0 Å². The van der Waals surface area contributed by atoms with Crippen LogP contribution in [0.5, 0.6) is 0 Å². The van der Waals surface area contributed by atoms with Gasteiger partial charge in [-0.2, -0.15) is 0 Å². The summed E-state index contributed by atoms with van der Waals surface area (Å²) in [5, 5.41) is 10.5. The maximum Gasteiger partial charge on any atom is 0.345 e. The Kier molecular flexibility index (Phi) is 4.48. The Morgan fingerprint density at radius 3 is 2.62 bits per heavy atom. The molecular formula is C20H24O4. The molecule has 1 aromatic rings.